The Hall–Kier alpha value is -4.85. The van der Waals surface area contributed by atoms with Crippen LogP contribution in [0.5, 0.6) is 5.75 Å². The molecule has 0 radical (unpaired) electrons. The van der Waals surface area contributed by atoms with Crippen LogP contribution < -0.4 is 20.7 Å². The van der Waals surface area contributed by atoms with Crippen LogP contribution in [-0.4, -0.2) is 88.4 Å². The number of carboxylic acid groups (broad SMARTS) is 1. The molecule has 2 aliphatic carbocycles. The van der Waals surface area contributed by atoms with Crippen LogP contribution in [0, 0.1) is 12.8 Å². The number of aliphatic carboxylic acids is 1. The summed E-state index contributed by atoms with van der Waals surface area (Å²) in [5.74, 6) is -1.23. The number of amides is 3. The van der Waals surface area contributed by atoms with E-state index < -0.39 is 47.6 Å². The summed E-state index contributed by atoms with van der Waals surface area (Å²) in [6.07, 6.45) is 12.5. The highest BCUT2D eigenvalue weighted by molar-refractivity contribution is 7.13. The van der Waals surface area contributed by atoms with E-state index in [1.165, 1.54) is 16.2 Å². The van der Waals surface area contributed by atoms with Gasteiger partial charge < -0.3 is 40.2 Å². The number of carboxylic acids is 1. The van der Waals surface area contributed by atoms with Crippen LogP contribution in [-0.2, 0) is 23.9 Å². The second-order valence-corrected chi connectivity index (χ2v) is 17.6. The maximum absolute atomic E-state index is 14.7. The molecule has 14 heteroatoms. The third-order valence-electron chi connectivity index (χ3n) is 11.9. The van der Waals surface area contributed by atoms with Crippen molar-refractivity contribution in [3.63, 3.8) is 0 Å². The van der Waals surface area contributed by atoms with Crippen LogP contribution in [0.25, 0.3) is 11.3 Å². The average Bonchev–Trinajstić information content (AvgIpc) is 3.62. The Balaban J connectivity index is 1.36. The molecule has 320 valence electrons. The number of methoxy groups -OCH3 is 1. The Labute approximate surface area is 352 Å². The number of ether oxygens (including phenoxy) is 3. The molecule has 2 aromatic rings. The highest BCUT2D eigenvalue weighted by Gasteiger charge is 2.61. The first-order chi connectivity index (χ1) is 28.3. The number of carbonyl (C=O) groups is 4. The summed E-state index contributed by atoms with van der Waals surface area (Å²) in [4.78, 5) is 61.4. The highest BCUT2D eigenvalue weighted by Crippen LogP contribution is 2.45. The molecule has 4 N–H and O–H groups in total. The SMILES string of the molecule is CC/C(C)=C(/C=C(/O[C@@H]1C[C@H]2C(=O)NC3(C(=O)O)CC3/C=C\CCCCC[C@H](NC(=O)OC3CCCC3)C(=O)N2C1)c1ccc(OC)cc1C)c1csc(NC(C)C)n1. The van der Waals surface area contributed by atoms with Gasteiger partial charge in [0.15, 0.2) is 5.13 Å². The van der Waals surface area contributed by atoms with E-state index in [0.717, 1.165) is 84.5 Å². The lowest BCUT2D eigenvalue weighted by Gasteiger charge is -2.29. The van der Waals surface area contributed by atoms with E-state index in [4.69, 9.17) is 19.2 Å². The number of hydrogen-bond donors (Lipinski definition) is 4. The van der Waals surface area contributed by atoms with Gasteiger partial charge in [-0.05, 0) is 115 Å². The number of anilines is 1. The molecular weight excluding hydrogens is 771 g/mol. The minimum absolute atomic E-state index is 0.0354. The monoisotopic (exact) mass is 831 g/mol. The fourth-order valence-corrected chi connectivity index (χ4v) is 9.18. The molecule has 0 bridgehead atoms. The number of fused-ring (bicyclic) bond motifs is 2. The summed E-state index contributed by atoms with van der Waals surface area (Å²) in [5.41, 5.74) is 3.03. The Kier molecular flexibility index (Phi) is 14.4. The molecule has 1 saturated heterocycles. The lowest BCUT2D eigenvalue weighted by molar-refractivity contribution is -0.145. The van der Waals surface area contributed by atoms with Crippen molar-refractivity contribution in [2.45, 2.75) is 148 Å². The zero-order valence-electron chi connectivity index (χ0n) is 35.3. The maximum atomic E-state index is 14.7. The van der Waals surface area contributed by atoms with Crippen molar-refractivity contribution < 1.29 is 38.5 Å². The van der Waals surface area contributed by atoms with Crippen LogP contribution in [0.4, 0.5) is 9.93 Å². The average molecular weight is 832 g/mol. The Morgan fingerprint density at radius 2 is 1.86 bits per heavy atom. The zero-order valence-corrected chi connectivity index (χ0v) is 36.1. The molecule has 5 atom stereocenters. The highest BCUT2D eigenvalue weighted by atomic mass is 32.1. The summed E-state index contributed by atoms with van der Waals surface area (Å²) in [6, 6.07) is 3.94. The van der Waals surface area contributed by atoms with E-state index in [1.54, 1.807) is 7.11 Å². The first-order valence-electron chi connectivity index (χ1n) is 21.3. The van der Waals surface area contributed by atoms with E-state index in [-0.39, 0.29) is 37.5 Å². The van der Waals surface area contributed by atoms with Crippen molar-refractivity contribution in [3.05, 3.63) is 64.2 Å². The molecule has 2 unspecified atom stereocenters. The van der Waals surface area contributed by atoms with E-state index in [9.17, 15) is 24.3 Å². The van der Waals surface area contributed by atoms with Gasteiger partial charge in [-0.25, -0.2) is 14.6 Å². The molecule has 1 aromatic heterocycles. The van der Waals surface area contributed by atoms with E-state index in [1.807, 2.05) is 48.7 Å². The summed E-state index contributed by atoms with van der Waals surface area (Å²) in [6.45, 7) is 10.3. The lowest BCUT2D eigenvalue weighted by Crippen LogP contribution is -2.56. The van der Waals surface area contributed by atoms with Crippen molar-refractivity contribution in [1.82, 2.24) is 20.5 Å². The molecule has 2 saturated carbocycles. The molecule has 6 rings (SSSR count). The number of hydrogen-bond acceptors (Lipinski definition) is 10. The van der Waals surface area contributed by atoms with Crippen LogP contribution in [0.2, 0.25) is 0 Å². The first kappa shape index (κ1) is 43.7. The van der Waals surface area contributed by atoms with Gasteiger partial charge in [-0.1, -0.05) is 37.5 Å². The zero-order chi connectivity index (χ0) is 42.3. The minimum atomic E-state index is -1.45. The van der Waals surface area contributed by atoms with Gasteiger partial charge in [-0.15, -0.1) is 11.3 Å². The predicted molar refractivity (Wildman–Crippen MR) is 229 cm³/mol. The van der Waals surface area contributed by atoms with Crippen molar-refractivity contribution >= 4 is 51.7 Å². The largest absolute Gasteiger partial charge is 0.497 e. The number of carbonyl (C=O) groups excluding carboxylic acids is 3. The van der Waals surface area contributed by atoms with Crippen LogP contribution in [0.1, 0.15) is 122 Å². The maximum Gasteiger partial charge on any atom is 0.408 e. The molecule has 0 spiro atoms. The minimum Gasteiger partial charge on any atom is -0.497 e. The Morgan fingerprint density at radius 3 is 2.56 bits per heavy atom. The third-order valence-corrected chi connectivity index (χ3v) is 12.7. The number of rotatable bonds is 12. The molecule has 13 nitrogen and oxygen atoms in total. The van der Waals surface area contributed by atoms with Crippen molar-refractivity contribution in [1.29, 1.82) is 0 Å². The second-order valence-electron chi connectivity index (χ2n) is 16.7. The molecule has 1 aromatic carbocycles. The van der Waals surface area contributed by atoms with E-state index >= 15 is 0 Å². The number of allylic oxidation sites excluding steroid dienone is 4. The Morgan fingerprint density at radius 1 is 1.10 bits per heavy atom. The predicted octanol–water partition coefficient (Wildman–Crippen LogP) is 8.01. The van der Waals surface area contributed by atoms with Crippen LogP contribution >= 0.6 is 11.3 Å². The van der Waals surface area contributed by atoms with E-state index in [2.05, 4.69) is 43.6 Å². The molecule has 3 fully saturated rings. The normalized spacial score (nSPS) is 26.4. The number of thiazole rings is 1. The molecule has 3 heterocycles. The van der Waals surface area contributed by atoms with Crippen LogP contribution in [0.15, 0.2) is 47.4 Å². The Bertz CT molecular complexity index is 1950. The molecule has 3 amide bonds. The van der Waals surface area contributed by atoms with Gasteiger partial charge in [-0.3, -0.25) is 9.59 Å². The summed E-state index contributed by atoms with van der Waals surface area (Å²) in [7, 11) is 1.62. The third kappa shape index (κ3) is 10.7. The van der Waals surface area contributed by atoms with Gasteiger partial charge in [0.2, 0.25) is 11.8 Å². The molecule has 2 aliphatic heterocycles. The number of alkyl carbamates (subject to hydrolysis) is 1. The number of nitrogens with one attached hydrogen (secondary N) is 3. The van der Waals surface area contributed by atoms with Crippen molar-refractivity contribution in [2.75, 3.05) is 19.0 Å². The molecule has 59 heavy (non-hydrogen) atoms. The fraction of sp³-hybridized carbons (Fsp3) is 0.578. The summed E-state index contributed by atoms with van der Waals surface area (Å²) in [5, 5.41) is 22.3. The molecule has 4 aliphatic rings. The standard InChI is InChI=1S/C45H61N5O8S/c1-7-28(4)35(37-26-59-43(47-37)46-27(2)3)23-39(34-20-19-32(56-6)21-29(34)5)57-33-22-38-40(51)49-45(42(53)54)24-30(45)15-11-9-8-10-12-18-36(41(52)50(38)25-33)48-44(55)58-31-16-13-14-17-31/h11,15,19-21,23,26-27,30-31,33,36,38H,7-10,12-14,16-18,22,24-25H2,1-6H3,(H,46,47)(H,48,55)(H,49,51)(H,53,54)/b15-11-,35-28-,39-23+/t30?,33-,36+,38+,45?/m1/s1. The van der Waals surface area contributed by atoms with Gasteiger partial charge in [0.05, 0.1) is 19.3 Å². The number of aryl methyl sites for hydroxylation is 1. The number of nitrogens with zero attached hydrogens (tertiary/aromatic N) is 2. The van der Waals surface area contributed by atoms with Gasteiger partial charge in [0, 0.05) is 34.9 Å². The van der Waals surface area contributed by atoms with Crippen molar-refractivity contribution in [2.24, 2.45) is 5.92 Å². The van der Waals surface area contributed by atoms with Gasteiger partial charge in [0.1, 0.15) is 41.3 Å². The first-order valence-corrected chi connectivity index (χ1v) is 22.1. The van der Waals surface area contributed by atoms with Crippen molar-refractivity contribution in [3.8, 4) is 5.75 Å². The summed E-state index contributed by atoms with van der Waals surface area (Å²) < 4.78 is 18.2. The second kappa shape index (κ2) is 19.5. The smallest absolute Gasteiger partial charge is 0.408 e. The number of aromatic nitrogens is 1. The van der Waals surface area contributed by atoms with Gasteiger partial charge in [-0.2, -0.15) is 0 Å². The van der Waals surface area contributed by atoms with Gasteiger partial charge >= 0.3 is 12.1 Å². The fourth-order valence-electron chi connectivity index (χ4n) is 8.32. The van der Waals surface area contributed by atoms with Crippen LogP contribution in [0.3, 0.4) is 0 Å². The quantitative estimate of drug-likeness (QED) is 0.0935. The van der Waals surface area contributed by atoms with E-state index in [0.29, 0.717) is 24.4 Å². The lowest BCUT2D eigenvalue weighted by atomic mass is 10.00. The molecular formula is C45H61N5O8S. The topological polar surface area (TPSA) is 168 Å². The number of benzene rings is 1. The summed E-state index contributed by atoms with van der Waals surface area (Å²) >= 11 is 1.53. The van der Waals surface area contributed by atoms with Gasteiger partial charge in [0.25, 0.3) is 0 Å².